The van der Waals surface area contributed by atoms with E-state index in [0.717, 1.165) is 12.8 Å². The molecule has 20 heavy (non-hydrogen) atoms. The van der Waals surface area contributed by atoms with E-state index in [-0.39, 0.29) is 17.7 Å². The van der Waals surface area contributed by atoms with Crippen molar-refractivity contribution in [1.29, 1.82) is 0 Å². The van der Waals surface area contributed by atoms with E-state index in [1.165, 1.54) is 6.07 Å². The zero-order valence-corrected chi connectivity index (χ0v) is 12.5. The number of rotatable bonds is 4. The number of hydrogen-bond donors (Lipinski definition) is 2. The Morgan fingerprint density at radius 2 is 2.15 bits per heavy atom. The number of nitrogen functional groups attached to an aromatic ring is 1. The summed E-state index contributed by atoms with van der Waals surface area (Å²) in [5.41, 5.74) is 6.08. The van der Waals surface area contributed by atoms with Crippen molar-refractivity contribution in [3.63, 3.8) is 0 Å². The molecular weight excluding hydrogens is 300 g/mol. The van der Waals surface area contributed by atoms with Crippen LogP contribution in [0.3, 0.4) is 0 Å². The van der Waals surface area contributed by atoms with Gasteiger partial charge in [-0.15, -0.1) is 0 Å². The smallest absolute Gasteiger partial charge is 0.233 e. The molecule has 0 radical (unpaired) electrons. The molecule has 110 valence electrons. The molecule has 1 atom stereocenters. The van der Waals surface area contributed by atoms with Crippen molar-refractivity contribution in [3.05, 3.63) is 23.2 Å². The molecule has 1 aromatic rings. The molecule has 1 fully saturated rings. The number of hydrogen-bond acceptors (Lipinski definition) is 4. The van der Waals surface area contributed by atoms with Crippen LogP contribution in [0.25, 0.3) is 0 Å². The fourth-order valence-corrected chi connectivity index (χ4v) is 3.43. The summed E-state index contributed by atoms with van der Waals surface area (Å²) in [6.45, 7) is 1.30. The minimum Gasteiger partial charge on any atom is -0.399 e. The SMILES string of the molecule is Nc1ccc(S(=O)CC(=O)NC2CCOCC2)c(Cl)c1. The van der Waals surface area contributed by atoms with Gasteiger partial charge in [-0.05, 0) is 31.0 Å². The zero-order valence-electron chi connectivity index (χ0n) is 10.9. The molecule has 1 aliphatic heterocycles. The first-order valence-corrected chi connectivity index (χ1v) is 8.06. The molecule has 0 spiro atoms. The molecule has 0 aromatic heterocycles. The van der Waals surface area contributed by atoms with E-state index in [2.05, 4.69) is 5.32 Å². The average molecular weight is 317 g/mol. The lowest BCUT2D eigenvalue weighted by Crippen LogP contribution is -2.40. The highest BCUT2D eigenvalue weighted by Gasteiger charge is 2.18. The molecule has 0 saturated carbocycles. The number of ether oxygens (including phenoxy) is 1. The van der Waals surface area contributed by atoms with Crippen molar-refractivity contribution >= 4 is 34.0 Å². The Kier molecular flexibility index (Phi) is 5.39. The summed E-state index contributed by atoms with van der Waals surface area (Å²) in [4.78, 5) is 12.3. The van der Waals surface area contributed by atoms with Crippen LogP contribution < -0.4 is 11.1 Å². The predicted molar refractivity (Wildman–Crippen MR) is 79.1 cm³/mol. The van der Waals surface area contributed by atoms with E-state index in [1.54, 1.807) is 12.1 Å². The maximum Gasteiger partial charge on any atom is 0.233 e. The van der Waals surface area contributed by atoms with Crippen molar-refractivity contribution in [1.82, 2.24) is 5.32 Å². The molecule has 1 heterocycles. The van der Waals surface area contributed by atoms with Gasteiger partial charge in [0.1, 0.15) is 5.75 Å². The first-order chi connectivity index (χ1) is 9.56. The van der Waals surface area contributed by atoms with Crippen molar-refractivity contribution in [2.75, 3.05) is 24.7 Å². The van der Waals surface area contributed by atoms with E-state index in [1.807, 2.05) is 0 Å². The lowest BCUT2D eigenvalue weighted by Gasteiger charge is -2.23. The van der Waals surface area contributed by atoms with Crippen LogP contribution in [0, 0.1) is 0 Å². The molecule has 1 saturated heterocycles. The van der Waals surface area contributed by atoms with Crippen LogP contribution in [-0.4, -0.2) is 35.1 Å². The normalized spacial score (nSPS) is 17.6. The Bertz CT molecular complexity index is 518. The Morgan fingerprint density at radius 1 is 1.45 bits per heavy atom. The fourth-order valence-electron chi connectivity index (χ4n) is 2.01. The quantitative estimate of drug-likeness (QED) is 0.821. The molecule has 3 N–H and O–H groups in total. The number of benzene rings is 1. The molecule has 1 aliphatic rings. The second-order valence-corrected chi connectivity index (χ2v) is 6.46. The highest BCUT2D eigenvalue weighted by molar-refractivity contribution is 7.85. The maximum absolute atomic E-state index is 12.1. The highest BCUT2D eigenvalue weighted by Crippen LogP contribution is 2.22. The van der Waals surface area contributed by atoms with Gasteiger partial charge >= 0.3 is 0 Å². The van der Waals surface area contributed by atoms with Crippen molar-refractivity contribution < 1.29 is 13.7 Å². The van der Waals surface area contributed by atoms with Crippen LogP contribution in [0.2, 0.25) is 5.02 Å². The minimum atomic E-state index is -1.47. The van der Waals surface area contributed by atoms with Crippen molar-refractivity contribution in [2.24, 2.45) is 0 Å². The van der Waals surface area contributed by atoms with Gasteiger partial charge < -0.3 is 15.8 Å². The van der Waals surface area contributed by atoms with Gasteiger partial charge in [0.25, 0.3) is 0 Å². The highest BCUT2D eigenvalue weighted by atomic mass is 35.5. The molecule has 2 rings (SSSR count). The number of anilines is 1. The monoisotopic (exact) mass is 316 g/mol. The number of carbonyl (C=O) groups excluding carboxylic acids is 1. The lowest BCUT2D eigenvalue weighted by atomic mass is 10.1. The van der Waals surface area contributed by atoms with Crippen LogP contribution in [-0.2, 0) is 20.3 Å². The van der Waals surface area contributed by atoms with Gasteiger partial charge in [-0.1, -0.05) is 11.6 Å². The number of nitrogens with two attached hydrogens (primary N) is 1. The van der Waals surface area contributed by atoms with Gasteiger partial charge in [0.15, 0.2) is 0 Å². The van der Waals surface area contributed by atoms with E-state index in [0.29, 0.717) is 28.8 Å². The van der Waals surface area contributed by atoms with Crippen LogP contribution >= 0.6 is 11.6 Å². The molecule has 5 nitrogen and oxygen atoms in total. The average Bonchev–Trinajstić information content (AvgIpc) is 2.39. The van der Waals surface area contributed by atoms with Gasteiger partial charge in [0.05, 0.1) is 20.7 Å². The molecule has 1 aromatic carbocycles. The number of amides is 1. The van der Waals surface area contributed by atoms with E-state index >= 15 is 0 Å². The summed E-state index contributed by atoms with van der Waals surface area (Å²) < 4.78 is 17.3. The predicted octanol–water partition coefficient (Wildman–Crippen LogP) is 1.32. The summed E-state index contributed by atoms with van der Waals surface area (Å²) in [5.74, 6) is -0.329. The van der Waals surface area contributed by atoms with Crippen LogP contribution in [0.5, 0.6) is 0 Å². The fraction of sp³-hybridized carbons (Fsp3) is 0.462. The zero-order chi connectivity index (χ0) is 14.5. The third kappa shape index (κ3) is 4.19. The first kappa shape index (κ1) is 15.3. The summed E-state index contributed by atoms with van der Waals surface area (Å²) in [6, 6.07) is 4.85. The standard InChI is InChI=1S/C13H17ClN2O3S/c14-11-7-9(15)1-2-12(11)20(18)8-13(17)16-10-3-5-19-6-4-10/h1-2,7,10H,3-6,8,15H2,(H,16,17). The molecule has 0 aliphatic carbocycles. The lowest BCUT2D eigenvalue weighted by molar-refractivity contribution is -0.119. The number of halogens is 1. The van der Waals surface area contributed by atoms with Crippen molar-refractivity contribution in [3.8, 4) is 0 Å². The largest absolute Gasteiger partial charge is 0.399 e. The third-order valence-electron chi connectivity index (χ3n) is 3.05. The summed E-state index contributed by atoms with van der Waals surface area (Å²) >= 11 is 5.98. The van der Waals surface area contributed by atoms with Gasteiger partial charge in [0.2, 0.25) is 5.91 Å². The van der Waals surface area contributed by atoms with E-state index in [9.17, 15) is 9.00 Å². The summed E-state index contributed by atoms with van der Waals surface area (Å²) in [6.07, 6.45) is 1.59. The second kappa shape index (κ2) is 7.06. The third-order valence-corrected chi connectivity index (χ3v) is 4.85. The summed E-state index contributed by atoms with van der Waals surface area (Å²) in [5, 5.41) is 3.19. The maximum atomic E-state index is 12.1. The number of carbonyl (C=O) groups is 1. The summed E-state index contributed by atoms with van der Waals surface area (Å²) in [7, 11) is -1.47. The first-order valence-electron chi connectivity index (χ1n) is 6.37. The Hall–Kier alpha value is -1.11. The molecule has 7 heteroatoms. The van der Waals surface area contributed by atoms with Gasteiger partial charge in [-0.25, -0.2) is 0 Å². The van der Waals surface area contributed by atoms with Crippen LogP contribution in [0.4, 0.5) is 5.69 Å². The Labute approximate surface area is 125 Å². The van der Waals surface area contributed by atoms with E-state index in [4.69, 9.17) is 22.1 Å². The molecule has 1 amide bonds. The Balaban J connectivity index is 1.91. The van der Waals surface area contributed by atoms with Gasteiger partial charge in [0, 0.05) is 24.9 Å². The molecule has 1 unspecified atom stereocenters. The molecule has 0 bridgehead atoms. The topological polar surface area (TPSA) is 81.4 Å². The minimum absolute atomic E-state index is 0.0962. The van der Waals surface area contributed by atoms with Gasteiger partial charge in [-0.2, -0.15) is 0 Å². The van der Waals surface area contributed by atoms with Crippen LogP contribution in [0.15, 0.2) is 23.1 Å². The number of nitrogens with one attached hydrogen (secondary N) is 1. The van der Waals surface area contributed by atoms with Crippen LogP contribution in [0.1, 0.15) is 12.8 Å². The van der Waals surface area contributed by atoms with Crippen molar-refractivity contribution in [2.45, 2.75) is 23.8 Å². The van der Waals surface area contributed by atoms with E-state index < -0.39 is 10.8 Å². The molecular formula is C13H17ClN2O3S. The van der Waals surface area contributed by atoms with Gasteiger partial charge in [-0.3, -0.25) is 9.00 Å². The second-order valence-electron chi connectivity index (χ2n) is 4.63. The Morgan fingerprint density at radius 3 is 2.80 bits per heavy atom.